The van der Waals surface area contributed by atoms with Crippen LogP contribution in [0.2, 0.25) is 5.02 Å². The van der Waals surface area contributed by atoms with Crippen molar-refractivity contribution in [2.75, 3.05) is 12.4 Å². The lowest BCUT2D eigenvalue weighted by atomic mass is 10.1. The Bertz CT molecular complexity index is 613. The zero-order valence-corrected chi connectivity index (χ0v) is 10.9. The van der Waals surface area contributed by atoms with Crippen molar-refractivity contribution < 1.29 is 14.6 Å². The molecular formula is C14H12ClNO3. The SMILES string of the molecule is COc1ccc(O)c(C(=O)Nc2ccccc2Cl)c1. The second-order valence-electron chi connectivity index (χ2n) is 3.82. The Balaban J connectivity index is 2.28. The molecule has 0 unspecified atom stereocenters. The van der Waals surface area contributed by atoms with Gasteiger partial charge >= 0.3 is 0 Å². The number of nitrogens with one attached hydrogen (secondary N) is 1. The second-order valence-corrected chi connectivity index (χ2v) is 4.22. The van der Waals surface area contributed by atoms with Gasteiger partial charge in [-0.05, 0) is 30.3 Å². The number of carbonyl (C=O) groups is 1. The molecule has 2 N–H and O–H groups in total. The summed E-state index contributed by atoms with van der Waals surface area (Å²) in [5.74, 6) is -0.0861. The van der Waals surface area contributed by atoms with E-state index in [1.807, 2.05) is 0 Å². The molecule has 0 saturated heterocycles. The topological polar surface area (TPSA) is 58.6 Å². The third-order valence-electron chi connectivity index (χ3n) is 2.57. The Kier molecular flexibility index (Phi) is 3.92. The van der Waals surface area contributed by atoms with Gasteiger partial charge in [-0.3, -0.25) is 4.79 Å². The fraction of sp³-hybridized carbons (Fsp3) is 0.0714. The number of rotatable bonds is 3. The van der Waals surface area contributed by atoms with Gasteiger partial charge in [0, 0.05) is 0 Å². The number of hydrogen-bond acceptors (Lipinski definition) is 3. The van der Waals surface area contributed by atoms with E-state index in [-0.39, 0.29) is 11.3 Å². The van der Waals surface area contributed by atoms with Gasteiger partial charge in [0.2, 0.25) is 0 Å². The summed E-state index contributed by atoms with van der Waals surface area (Å²) in [4.78, 5) is 12.1. The molecule has 2 aromatic rings. The molecule has 0 aliphatic rings. The summed E-state index contributed by atoms with van der Waals surface area (Å²) in [6, 6.07) is 11.3. The zero-order valence-electron chi connectivity index (χ0n) is 10.2. The standard InChI is InChI=1S/C14H12ClNO3/c1-19-9-6-7-13(17)10(8-9)14(18)16-12-5-3-2-4-11(12)15/h2-8,17H,1H3,(H,16,18). The molecule has 2 rings (SSSR count). The van der Waals surface area contributed by atoms with Crippen LogP contribution in [0.3, 0.4) is 0 Å². The molecule has 1 amide bonds. The maximum atomic E-state index is 12.1. The van der Waals surface area contributed by atoms with Crippen molar-refractivity contribution in [3.8, 4) is 11.5 Å². The highest BCUT2D eigenvalue weighted by atomic mass is 35.5. The van der Waals surface area contributed by atoms with E-state index < -0.39 is 5.91 Å². The highest BCUT2D eigenvalue weighted by molar-refractivity contribution is 6.33. The van der Waals surface area contributed by atoms with Crippen LogP contribution in [0.25, 0.3) is 0 Å². The Morgan fingerprint density at radius 2 is 2.00 bits per heavy atom. The van der Waals surface area contributed by atoms with Gasteiger partial charge in [0.1, 0.15) is 11.5 Å². The van der Waals surface area contributed by atoms with Crippen molar-refractivity contribution in [3.05, 3.63) is 53.1 Å². The minimum atomic E-state index is -0.454. The van der Waals surface area contributed by atoms with Crippen LogP contribution in [0.4, 0.5) is 5.69 Å². The van der Waals surface area contributed by atoms with Crippen molar-refractivity contribution in [2.45, 2.75) is 0 Å². The first-order valence-corrected chi connectivity index (χ1v) is 5.92. The molecule has 0 bridgehead atoms. The van der Waals surface area contributed by atoms with Gasteiger partial charge in [-0.1, -0.05) is 23.7 Å². The Morgan fingerprint density at radius 3 is 2.68 bits per heavy atom. The summed E-state index contributed by atoms with van der Waals surface area (Å²) in [7, 11) is 1.49. The van der Waals surface area contributed by atoms with Crippen molar-refractivity contribution in [2.24, 2.45) is 0 Å². The van der Waals surface area contributed by atoms with Crippen LogP contribution in [0, 0.1) is 0 Å². The molecule has 0 saturated carbocycles. The quantitative estimate of drug-likeness (QED) is 0.905. The van der Waals surface area contributed by atoms with Crippen LogP contribution in [0.5, 0.6) is 11.5 Å². The number of phenols is 1. The molecule has 5 heteroatoms. The van der Waals surface area contributed by atoms with Crippen LogP contribution in [0.1, 0.15) is 10.4 Å². The highest BCUT2D eigenvalue weighted by Gasteiger charge is 2.13. The average molecular weight is 278 g/mol. The molecule has 0 heterocycles. The second kappa shape index (κ2) is 5.63. The first-order chi connectivity index (χ1) is 9.11. The fourth-order valence-corrected chi connectivity index (χ4v) is 1.76. The van der Waals surface area contributed by atoms with E-state index in [0.717, 1.165) is 0 Å². The average Bonchev–Trinajstić information content (AvgIpc) is 2.42. The van der Waals surface area contributed by atoms with Crippen LogP contribution in [0.15, 0.2) is 42.5 Å². The molecule has 0 fully saturated rings. The monoisotopic (exact) mass is 277 g/mol. The summed E-state index contributed by atoms with van der Waals surface area (Å²) in [5, 5.41) is 12.8. The molecule has 0 radical (unpaired) electrons. The van der Waals surface area contributed by atoms with Gasteiger partial charge < -0.3 is 15.2 Å². The van der Waals surface area contributed by atoms with Crippen molar-refractivity contribution in [1.29, 1.82) is 0 Å². The molecule has 0 atom stereocenters. The fourth-order valence-electron chi connectivity index (χ4n) is 1.58. The number of halogens is 1. The molecule has 0 aliphatic carbocycles. The number of aromatic hydroxyl groups is 1. The smallest absolute Gasteiger partial charge is 0.259 e. The van der Waals surface area contributed by atoms with E-state index in [9.17, 15) is 9.90 Å². The number of phenolic OH excluding ortho intramolecular Hbond substituents is 1. The maximum Gasteiger partial charge on any atom is 0.259 e. The lowest BCUT2D eigenvalue weighted by Crippen LogP contribution is -2.12. The Hall–Kier alpha value is -2.20. The highest BCUT2D eigenvalue weighted by Crippen LogP contribution is 2.26. The number of hydrogen-bond donors (Lipinski definition) is 2. The summed E-state index contributed by atoms with van der Waals surface area (Å²) in [6.07, 6.45) is 0. The molecule has 0 spiro atoms. The van der Waals surface area contributed by atoms with Crippen LogP contribution < -0.4 is 10.1 Å². The first-order valence-electron chi connectivity index (χ1n) is 5.54. The summed E-state index contributed by atoms with van der Waals surface area (Å²) in [6.45, 7) is 0. The van der Waals surface area contributed by atoms with E-state index in [0.29, 0.717) is 16.5 Å². The predicted molar refractivity (Wildman–Crippen MR) is 74.1 cm³/mol. The normalized spacial score (nSPS) is 10.0. The lowest BCUT2D eigenvalue weighted by molar-refractivity contribution is 0.102. The Labute approximate surface area is 115 Å². The number of methoxy groups -OCH3 is 1. The van der Waals surface area contributed by atoms with E-state index in [1.54, 1.807) is 30.3 Å². The molecule has 98 valence electrons. The van der Waals surface area contributed by atoms with Crippen LogP contribution in [-0.4, -0.2) is 18.1 Å². The van der Waals surface area contributed by atoms with Gasteiger partial charge in [-0.25, -0.2) is 0 Å². The molecule has 19 heavy (non-hydrogen) atoms. The molecular weight excluding hydrogens is 266 g/mol. The van der Waals surface area contributed by atoms with E-state index in [4.69, 9.17) is 16.3 Å². The number of anilines is 1. The van der Waals surface area contributed by atoms with Crippen molar-refractivity contribution in [3.63, 3.8) is 0 Å². The Morgan fingerprint density at radius 1 is 1.26 bits per heavy atom. The van der Waals surface area contributed by atoms with Gasteiger partial charge in [0.05, 0.1) is 23.4 Å². The lowest BCUT2D eigenvalue weighted by Gasteiger charge is -2.09. The minimum absolute atomic E-state index is 0.120. The summed E-state index contributed by atoms with van der Waals surface area (Å²) < 4.78 is 5.02. The van der Waals surface area contributed by atoms with Gasteiger partial charge in [-0.15, -0.1) is 0 Å². The van der Waals surface area contributed by atoms with Gasteiger partial charge in [-0.2, -0.15) is 0 Å². The van der Waals surface area contributed by atoms with E-state index >= 15 is 0 Å². The van der Waals surface area contributed by atoms with E-state index in [2.05, 4.69) is 5.32 Å². The predicted octanol–water partition coefficient (Wildman–Crippen LogP) is 3.31. The maximum absolute atomic E-state index is 12.1. The molecule has 0 aromatic heterocycles. The van der Waals surface area contributed by atoms with E-state index in [1.165, 1.54) is 19.2 Å². The summed E-state index contributed by atoms with van der Waals surface area (Å²) in [5.41, 5.74) is 0.607. The third kappa shape index (κ3) is 2.98. The number of amides is 1. The van der Waals surface area contributed by atoms with Crippen LogP contribution in [-0.2, 0) is 0 Å². The third-order valence-corrected chi connectivity index (χ3v) is 2.90. The molecule has 4 nitrogen and oxygen atoms in total. The van der Waals surface area contributed by atoms with Gasteiger partial charge in [0.15, 0.2) is 0 Å². The first kappa shape index (κ1) is 13.2. The summed E-state index contributed by atoms with van der Waals surface area (Å²) >= 11 is 5.95. The van der Waals surface area contributed by atoms with Crippen LogP contribution >= 0.6 is 11.6 Å². The largest absolute Gasteiger partial charge is 0.507 e. The number of ether oxygens (including phenoxy) is 1. The van der Waals surface area contributed by atoms with Crippen molar-refractivity contribution in [1.82, 2.24) is 0 Å². The zero-order chi connectivity index (χ0) is 13.8. The molecule has 0 aliphatic heterocycles. The molecule has 2 aromatic carbocycles. The van der Waals surface area contributed by atoms with Crippen molar-refractivity contribution >= 4 is 23.2 Å². The number of carbonyl (C=O) groups excluding carboxylic acids is 1. The number of para-hydroxylation sites is 1. The van der Waals surface area contributed by atoms with Gasteiger partial charge in [0.25, 0.3) is 5.91 Å². The number of benzene rings is 2. The minimum Gasteiger partial charge on any atom is -0.507 e.